The number of hydrogen-bond acceptors (Lipinski definition) is 6. The monoisotopic (exact) mass is 512 g/mol. The molecule has 1 atom stereocenters. The quantitative estimate of drug-likeness (QED) is 0.418. The lowest BCUT2D eigenvalue weighted by Crippen LogP contribution is -2.50. The van der Waals surface area contributed by atoms with Gasteiger partial charge in [-0.3, -0.25) is 10.1 Å². The summed E-state index contributed by atoms with van der Waals surface area (Å²) in [6.07, 6.45) is -0.614. The Bertz CT molecular complexity index is 1610. The minimum atomic E-state index is -0.614. The van der Waals surface area contributed by atoms with E-state index in [-0.39, 0.29) is 5.91 Å². The van der Waals surface area contributed by atoms with Crippen LogP contribution in [0.5, 0.6) is 0 Å². The molecule has 1 amide bonds. The van der Waals surface area contributed by atoms with Gasteiger partial charge in [-0.2, -0.15) is 0 Å². The van der Waals surface area contributed by atoms with Gasteiger partial charge in [-0.05, 0) is 55.0 Å². The molecule has 0 unspecified atom stereocenters. The first-order valence-corrected chi connectivity index (χ1v) is 12.8. The molecule has 0 fully saturated rings. The van der Waals surface area contributed by atoms with Gasteiger partial charge in [-0.15, -0.1) is 5.10 Å². The van der Waals surface area contributed by atoms with Gasteiger partial charge in [0.2, 0.25) is 6.17 Å². The number of benzene rings is 3. The van der Waals surface area contributed by atoms with Crippen molar-refractivity contribution in [2.24, 2.45) is 10.1 Å². The van der Waals surface area contributed by atoms with Crippen molar-refractivity contribution in [2.45, 2.75) is 18.8 Å². The lowest BCUT2D eigenvalue weighted by Gasteiger charge is -2.32. The maximum Gasteiger partial charge on any atom is 0.276 e. The highest BCUT2D eigenvalue weighted by Gasteiger charge is 2.36. The average molecular weight is 513 g/mol. The van der Waals surface area contributed by atoms with Gasteiger partial charge in [-0.25, -0.2) is 10.0 Å². The summed E-state index contributed by atoms with van der Waals surface area (Å²) in [5.74, 6) is 1.75. The number of furan rings is 1. The number of halogens is 1. The normalized spacial score (nSPS) is 16.6. The molecule has 0 aliphatic carbocycles. The topological polar surface area (TPSA) is 70.2 Å². The number of nitrogens with zero attached hydrogens (tertiary/aromatic N) is 3. The van der Waals surface area contributed by atoms with E-state index < -0.39 is 6.17 Å². The minimum absolute atomic E-state index is 0.215. The summed E-state index contributed by atoms with van der Waals surface area (Å²) in [5, 5.41) is 12.1. The third-order valence-corrected chi connectivity index (χ3v) is 7.21. The third-order valence-electron chi connectivity index (χ3n) is 6.02. The van der Waals surface area contributed by atoms with E-state index in [9.17, 15) is 4.79 Å². The van der Waals surface area contributed by atoms with Crippen molar-refractivity contribution in [3.63, 3.8) is 0 Å². The molecule has 0 radical (unpaired) electrons. The largest absolute Gasteiger partial charge is 0.457 e. The Morgan fingerprint density at radius 1 is 1.00 bits per heavy atom. The maximum atomic E-state index is 13.3. The lowest BCUT2D eigenvalue weighted by molar-refractivity contribution is -0.116. The van der Waals surface area contributed by atoms with Gasteiger partial charge in [0.05, 0.1) is 5.36 Å². The van der Waals surface area contributed by atoms with Crippen LogP contribution in [0.1, 0.15) is 23.1 Å². The van der Waals surface area contributed by atoms with E-state index in [1.54, 1.807) is 5.01 Å². The van der Waals surface area contributed by atoms with Crippen molar-refractivity contribution in [3.8, 4) is 11.3 Å². The van der Waals surface area contributed by atoms with Gasteiger partial charge >= 0.3 is 0 Å². The number of fused-ring (bicyclic) bond motifs is 2. The van der Waals surface area contributed by atoms with Crippen LogP contribution in [0.15, 0.2) is 99.4 Å². The van der Waals surface area contributed by atoms with Crippen LogP contribution < -0.4 is 15.9 Å². The molecular formula is C28H21ClN4O2S. The van der Waals surface area contributed by atoms with E-state index in [1.807, 2.05) is 60.7 Å². The SMILES string of the molecule is Cc1ccc(CSC2=NN3C(=c4ccccc4=N[C@@H]3c3ccc(-c4ccc(Cl)cc4)o3)C(=O)N2)cc1. The Labute approximate surface area is 217 Å². The van der Waals surface area contributed by atoms with Crippen LogP contribution in [-0.2, 0) is 10.5 Å². The second-order valence-electron chi connectivity index (χ2n) is 8.56. The molecule has 0 saturated heterocycles. The van der Waals surface area contributed by atoms with E-state index in [0.29, 0.717) is 33.2 Å². The van der Waals surface area contributed by atoms with E-state index in [1.165, 1.54) is 17.3 Å². The van der Waals surface area contributed by atoms with Crippen molar-refractivity contribution in [3.05, 3.63) is 117 Å². The summed E-state index contributed by atoms with van der Waals surface area (Å²) >= 11 is 7.52. The van der Waals surface area contributed by atoms with Crippen LogP contribution in [-0.4, -0.2) is 16.1 Å². The Balaban J connectivity index is 1.38. The summed E-state index contributed by atoms with van der Waals surface area (Å²) in [4.78, 5) is 18.2. The fourth-order valence-electron chi connectivity index (χ4n) is 4.17. The number of para-hydroxylation sites is 1. The Morgan fingerprint density at radius 2 is 1.78 bits per heavy atom. The van der Waals surface area contributed by atoms with E-state index in [0.717, 1.165) is 21.7 Å². The second kappa shape index (κ2) is 9.33. The zero-order chi connectivity index (χ0) is 24.6. The van der Waals surface area contributed by atoms with Gasteiger partial charge in [0.15, 0.2) is 10.9 Å². The number of amidine groups is 1. The first kappa shape index (κ1) is 22.6. The maximum absolute atomic E-state index is 13.3. The van der Waals surface area contributed by atoms with E-state index >= 15 is 0 Å². The molecule has 2 aliphatic rings. The lowest BCUT2D eigenvalue weighted by atomic mass is 10.1. The number of carbonyl (C=O) groups excluding carboxylic acids is 1. The highest BCUT2D eigenvalue weighted by Crippen LogP contribution is 2.34. The van der Waals surface area contributed by atoms with Crippen LogP contribution in [0.4, 0.5) is 0 Å². The number of rotatable bonds is 4. The van der Waals surface area contributed by atoms with Crippen molar-refractivity contribution in [1.82, 2.24) is 10.3 Å². The molecule has 1 aromatic heterocycles. The van der Waals surface area contributed by atoms with Gasteiger partial charge in [0.1, 0.15) is 11.5 Å². The molecule has 6 rings (SSSR count). The molecule has 0 spiro atoms. The molecule has 6 nitrogen and oxygen atoms in total. The molecule has 178 valence electrons. The molecular weight excluding hydrogens is 492 g/mol. The summed E-state index contributed by atoms with van der Waals surface area (Å²) in [7, 11) is 0. The minimum Gasteiger partial charge on any atom is -0.457 e. The fraction of sp³-hybridized carbons (Fsp3) is 0.107. The van der Waals surface area contributed by atoms with Gasteiger partial charge in [0, 0.05) is 21.6 Å². The number of hydrazone groups is 1. The Hall–Kier alpha value is -3.81. The van der Waals surface area contributed by atoms with Crippen LogP contribution >= 0.6 is 23.4 Å². The summed E-state index contributed by atoms with van der Waals surface area (Å²) in [5.41, 5.74) is 3.72. The second-order valence-corrected chi connectivity index (χ2v) is 9.96. The van der Waals surface area contributed by atoms with Crippen molar-refractivity contribution in [2.75, 3.05) is 0 Å². The molecule has 8 heteroatoms. The van der Waals surface area contributed by atoms with Crippen LogP contribution in [0, 0.1) is 6.92 Å². The highest BCUT2D eigenvalue weighted by atomic mass is 35.5. The number of amides is 1. The predicted molar refractivity (Wildman–Crippen MR) is 142 cm³/mol. The van der Waals surface area contributed by atoms with Gasteiger partial charge in [0.25, 0.3) is 5.91 Å². The molecule has 2 aliphatic heterocycles. The van der Waals surface area contributed by atoms with Gasteiger partial charge in [-0.1, -0.05) is 71.4 Å². The van der Waals surface area contributed by atoms with Crippen molar-refractivity contribution in [1.29, 1.82) is 0 Å². The van der Waals surface area contributed by atoms with Crippen LogP contribution in [0.25, 0.3) is 17.0 Å². The molecule has 4 aromatic rings. The first-order valence-electron chi connectivity index (χ1n) is 11.5. The number of thioether (sulfide) groups is 1. The number of nitrogens with one attached hydrogen (secondary N) is 1. The predicted octanol–water partition coefficient (Wildman–Crippen LogP) is 4.98. The molecule has 0 saturated carbocycles. The number of hydrogen-bond donors (Lipinski definition) is 1. The van der Waals surface area contributed by atoms with E-state index in [2.05, 4.69) is 36.5 Å². The van der Waals surface area contributed by atoms with Crippen molar-refractivity contribution < 1.29 is 9.21 Å². The fourth-order valence-corrected chi connectivity index (χ4v) is 5.11. The smallest absolute Gasteiger partial charge is 0.276 e. The Kier molecular flexibility index (Phi) is 5.87. The first-order chi connectivity index (χ1) is 17.5. The summed E-state index contributed by atoms with van der Waals surface area (Å²) in [6, 6.07) is 27.1. The van der Waals surface area contributed by atoms with Crippen LogP contribution in [0.3, 0.4) is 0 Å². The van der Waals surface area contributed by atoms with Crippen molar-refractivity contribution >= 4 is 40.1 Å². The molecule has 0 bridgehead atoms. The molecule has 36 heavy (non-hydrogen) atoms. The summed E-state index contributed by atoms with van der Waals surface area (Å²) in [6.45, 7) is 2.06. The standard InChI is InChI=1S/C28H21ClN4O2S/c1-17-6-8-18(9-7-17)16-36-28-31-27(34)25-21-4-2-3-5-22(21)30-26(33(25)32-28)24-15-14-23(35-24)19-10-12-20(29)13-11-19/h2-15,26H,16H2,1H3,(H,31,32,34)/t26-/m0/s1. The molecule has 3 heterocycles. The summed E-state index contributed by atoms with van der Waals surface area (Å²) < 4.78 is 6.22. The number of aryl methyl sites for hydroxylation is 1. The zero-order valence-corrected chi connectivity index (χ0v) is 20.9. The highest BCUT2D eigenvalue weighted by molar-refractivity contribution is 8.13. The van der Waals surface area contributed by atoms with Crippen LogP contribution in [0.2, 0.25) is 5.02 Å². The number of carbonyl (C=O) groups is 1. The van der Waals surface area contributed by atoms with E-state index in [4.69, 9.17) is 26.1 Å². The zero-order valence-electron chi connectivity index (χ0n) is 19.3. The third kappa shape index (κ3) is 4.32. The Morgan fingerprint density at radius 3 is 2.58 bits per heavy atom. The molecule has 1 N–H and O–H groups in total. The average Bonchev–Trinajstić information content (AvgIpc) is 3.38. The molecule has 3 aromatic carbocycles. The van der Waals surface area contributed by atoms with Gasteiger partial charge < -0.3 is 4.42 Å².